The van der Waals surface area contributed by atoms with Gasteiger partial charge in [0.1, 0.15) is 5.76 Å². The molecule has 0 radical (unpaired) electrons. The minimum absolute atomic E-state index is 0.0309. The summed E-state index contributed by atoms with van der Waals surface area (Å²) in [5, 5.41) is 13.0. The highest BCUT2D eigenvalue weighted by atomic mass is 32.1. The molecule has 2 aromatic heterocycles. The average molecular weight is 420 g/mol. The van der Waals surface area contributed by atoms with E-state index in [1.165, 1.54) is 16.2 Å². The minimum atomic E-state index is -0.744. The van der Waals surface area contributed by atoms with Crippen LogP contribution in [0, 0.1) is 0 Å². The van der Waals surface area contributed by atoms with Gasteiger partial charge in [0.05, 0.1) is 18.2 Å². The molecule has 1 unspecified atom stereocenters. The van der Waals surface area contributed by atoms with Crippen LogP contribution in [0.5, 0.6) is 11.5 Å². The van der Waals surface area contributed by atoms with Crippen LogP contribution < -0.4 is 9.47 Å². The molecule has 0 bridgehead atoms. The Morgan fingerprint density at radius 1 is 1.17 bits per heavy atom. The largest absolute Gasteiger partial charge is 0.507 e. The van der Waals surface area contributed by atoms with Gasteiger partial charge in [-0.25, -0.2) is 0 Å². The molecular formula is C22H16N2O5S. The van der Waals surface area contributed by atoms with Crippen molar-refractivity contribution in [3.8, 4) is 11.5 Å². The molecule has 1 fully saturated rings. The Morgan fingerprint density at radius 3 is 2.80 bits per heavy atom. The summed E-state index contributed by atoms with van der Waals surface area (Å²) in [4.78, 5) is 32.5. The number of hydrogen-bond donors (Lipinski definition) is 1. The summed E-state index contributed by atoms with van der Waals surface area (Å²) >= 11 is 1.50. The zero-order valence-electron chi connectivity index (χ0n) is 15.6. The molecule has 4 heterocycles. The molecule has 1 saturated heterocycles. The van der Waals surface area contributed by atoms with Gasteiger partial charge in [0.2, 0.25) is 6.79 Å². The van der Waals surface area contributed by atoms with E-state index in [0.29, 0.717) is 22.6 Å². The van der Waals surface area contributed by atoms with Gasteiger partial charge in [-0.15, -0.1) is 11.3 Å². The van der Waals surface area contributed by atoms with Crippen molar-refractivity contribution in [2.75, 3.05) is 6.79 Å². The number of ketones is 1. The Bertz CT molecular complexity index is 1160. The average Bonchev–Trinajstić information content (AvgIpc) is 3.50. The van der Waals surface area contributed by atoms with E-state index in [1.807, 2.05) is 17.5 Å². The van der Waals surface area contributed by atoms with E-state index in [4.69, 9.17) is 9.47 Å². The summed E-state index contributed by atoms with van der Waals surface area (Å²) in [6.07, 6.45) is 3.22. The van der Waals surface area contributed by atoms with Gasteiger partial charge in [0.15, 0.2) is 11.5 Å². The summed E-state index contributed by atoms with van der Waals surface area (Å²) in [5.74, 6) is -0.595. The second-order valence-electron chi connectivity index (χ2n) is 6.86. The second-order valence-corrected chi connectivity index (χ2v) is 7.89. The quantitative estimate of drug-likeness (QED) is 0.395. The topological polar surface area (TPSA) is 89.0 Å². The van der Waals surface area contributed by atoms with Gasteiger partial charge in [-0.1, -0.05) is 12.1 Å². The van der Waals surface area contributed by atoms with Crippen molar-refractivity contribution in [3.05, 3.63) is 81.8 Å². The molecular weight excluding hydrogens is 404 g/mol. The van der Waals surface area contributed by atoms with Gasteiger partial charge in [0, 0.05) is 22.8 Å². The third-order valence-electron chi connectivity index (χ3n) is 5.09. The van der Waals surface area contributed by atoms with E-state index in [9.17, 15) is 14.7 Å². The number of carbonyl (C=O) groups excluding carboxylic acids is 2. The van der Waals surface area contributed by atoms with Crippen LogP contribution in [-0.2, 0) is 16.1 Å². The lowest BCUT2D eigenvalue weighted by atomic mass is 9.96. The number of ether oxygens (including phenoxy) is 2. The number of aromatic nitrogens is 1. The Balaban J connectivity index is 1.64. The van der Waals surface area contributed by atoms with Crippen molar-refractivity contribution < 1.29 is 24.2 Å². The van der Waals surface area contributed by atoms with Crippen molar-refractivity contribution in [2.45, 2.75) is 12.6 Å². The predicted molar refractivity (Wildman–Crippen MR) is 109 cm³/mol. The van der Waals surface area contributed by atoms with Crippen LogP contribution in [0.15, 0.2) is 65.8 Å². The van der Waals surface area contributed by atoms with Crippen LogP contribution in [0.1, 0.15) is 22.0 Å². The van der Waals surface area contributed by atoms with E-state index in [1.54, 1.807) is 42.7 Å². The Hall–Kier alpha value is -3.65. The molecule has 1 amide bonds. The van der Waals surface area contributed by atoms with E-state index in [-0.39, 0.29) is 24.7 Å². The fourth-order valence-electron chi connectivity index (χ4n) is 3.70. The summed E-state index contributed by atoms with van der Waals surface area (Å²) in [6.45, 7) is 0.361. The highest BCUT2D eigenvalue weighted by molar-refractivity contribution is 7.09. The summed E-state index contributed by atoms with van der Waals surface area (Å²) in [7, 11) is 0. The maximum atomic E-state index is 13.0. The van der Waals surface area contributed by atoms with E-state index >= 15 is 0 Å². The molecule has 0 aliphatic carbocycles. The minimum Gasteiger partial charge on any atom is -0.507 e. The Labute approximate surface area is 175 Å². The number of aliphatic hydroxyl groups is 1. The van der Waals surface area contributed by atoms with Crippen LogP contribution in [0.2, 0.25) is 0 Å². The molecule has 150 valence electrons. The fraction of sp³-hybridized carbons (Fsp3) is 0.136. The Morgan fingerprint density at radius 2 is 2.03 bits per heavy atom. The van der Waals surface area contributed by atoms with Crippen molar-refractivity contribution in [3.63, 3.8) is 0 Å². The molecule has 1 N–H and O–H groups in total. The number of nitrogens with zero attached hydrogens (tertiary/aromatic N) is 2. The molecule has 2 aliphatic rings. The number of Topliss-reactive ketones (excluding diaryl/α,β-unsaturated/α-hetero) is 1. The number of fused-ring (bicyclic) bond motifs is 1. The second kappa shape index (κ2) is 7.31. The van der Waals surface area contributed by atoms with Crippen LogP contribution in [0.25, 0.3) is 5.76 Å². The fourth-order valence-corrected chi connectivity index (χ4v) is 4.40. The lowest BCUT2D eigenvalue weighted by molar-refractivity contribution is -0.140. The summed E-state index contributed by atoms with van der Waals surface area (Å²) in [5.41, 5.74) is 1.06. The van der Waals surface area contributed by atoms with Crippen LogP contribution >= 0.6 is 11.3 Å². The highest BCUT2D eigenvalue weighted by Gasteiger charge is 2.46. The summed E-state index contributed by atoms with van der Waals surface area (Å²) in [6, 6.07) is 11.5. The number of likely N-dealkylation sites (tertiary alicyclic amines) is 1. The van der Waals surface area contributed by atoms with E-state index in [0.717, 1.165) is 4.88 Å². The number of benzene rings is 1. The number of hydrogen-bond acceptors (Lipinski definition) is 7. The standard InChI is InChI=1S/C22H16N2O5S/c25-20(13-5-6-16-17(9-13)29-12-28-16)18-19(14-3-1-7-23-10-14)24(22(27)21(18)26)11-15-4-2-8-30-15/h1-10,19,25H,11-12H2/b20-18-. The van der Waals surface area contributed by atoms with Crippen LogP contribution in [-0.4, -0.2) is 33.5 Å². The number of amides is 1. The van der Waals surface area contributed by atoms with E-state index < -0.39 is 17.7 Å². The smallest absolute Gasteiger partial charge is 0.295 e. The molecule has 2 aliphatic heterocycles. The monoisotopic (exact) mass is 420 g/mol. The van der Waals surface area contributed by atoms with Gasteiger partial charge >= 0.3 is 0 Å². The predicted octanol–water partition coefficient (Wildman–Crippen LogP) is 3.49. The molecule has 0 spiro atoms. The van der Waals surface area contributed by atoms with Gasteiger partial charge in [-0.3, -0.25) is 14.6 Å². The van der Waals surface area contributed by atoms with Crippen molar-refractivity contribution in [2.24, 2.45) is 0 Å². The molecule has 1 aromatic carbocycles. The van der Waals surface area contributed by atoms with Crippen molar-refractivity contribution in [1.29, 1.82) is 0 Å². The van der Waals surface area contributed by atoms with Gasteiger partial charge in [-0.05, 0) is 41.3 Å². The van der Waals surface area contributed by atoms with E-state index in [2.05, 4.69) is 4.98 Å². The highest BCUT2D eigenvalue weighted by Crippen LogP contribution is 2.42. The molecule has 0 saturated carbocycles. The summed E-state index contributed by atoms with van der Waals surface area (Å²) < 4.78 is 10.7. The zero-order valence-corrected chi connectivity index (χ0v) is 16.5. The number of thiophene rings is 1. The van der Waals surface area contributed by atoms with Gasteiger partial charge in [-0.2, -0.15) is 0 Å². The van der Waals surface area contributed by atoms with Crippen LogP contribution in [0.4, 0.5) is 0 Å². The molecule has 30 heavy (non-hydrogen) atoms. The first-order valence-electron chi connectivity index (χ1n) is 9.24. The first kappa shape index (κ1) is 18.4. The maximum Gasteiger partial charge on any atom is 0.295 e. The number of rotatable bonds is 4. The van der Waals surface area contributed by atoms with Gasteiger partial charge in [0.25, 0.3) is 11.7 Å². The SMILES string of the molecule is O=C1C(=O)N(Cc2cccs2)C(c2cccnc2)/C1=C(/O)c1ccc2c(c1)OCO2. The van der Waals surface area contributed by atoms with Crippen molar-refractivity contribution >= 4 is 28.8 Å². The maximum absolute atomic E-state index is 13.0. The van der Waals surface area contributed by atoms with Crippen LogP contribution in [0.3, 0.4) is 0 Å². The first-order valence-corrected chi connectivity index (χ1v) is 10.1. The lowest BCUT2D eigenvalue weighted by Gasteiger charge is -2.24. The number of aliphatic hydroxyl groups excluding tert-OH is 1. The zero-order chi connectivity index (χ0) is 20.7. The van der Waals surface area contributed by atoms with Gasteiger partial charge < -0.3 is 19.5 Å². The first-order chi connectivity index (χ1) is 14.6. The number of carbonyl (C=O) groups is 2. The molecule has 5 rings (SSSR count). The third kappa shape index (κ3) is 3.02. The molecule has 3 aromatic rings. The Kier molecular flexibility index (Phi) is 4.48. The molecule has 1 atom stereocenters. The molecule has 8 heteroatoms. The number of pyridine rings is 1. The molecule has 7 nitrogen and oxygen atoms in total. The normalized spacial score (nSPS) is 19.5. The van der Waals surface area contributed by atoms with Crippen molar-refractivity contribution in [1.82, 2.24) is 9.88 Å². The third-order valence-corrected chi connectivity index (χ3v) is 5.95. The lowest BCUT2D eigenvalue weighted by Crippen LogP contribution is -2.28.